The van der Waals surface area contributed by atoms with E-state index in [2.05, 4.69) is 15.0 Å². The van der Waals surface area contributed by atoms with Crippen molar-refractivity contribution in [2.75, 3.05) is 26.1 Å². The average Bonchev–Trinajstić information content (AvgIpc) is 3.89. The monoisotopic (exact) mass is 893 g/mol. The van der Waals surface area contributed by atoms with Gasteiger partial charge in [-0.3, -0.25) is 37.0 Å². The highest BCUT2D eigenvalue weighted by molar-refractivity contribution is 8.54. The van der Waals surface area contributed by atoms with Crippen molar-refractivity contribution in [1.82, 2.24) is 29.1 Å². The number of alkyl halides is 1. The van der Waals surface area contributed by atoms with Crippen LogP contribution in [-0.4, -0.2) is 102 Å². The molecule has 3 aliphatic heterocycles. The van der Waals surface area contributed by atoms with E-state index in [0.717, 1.165) is 16.8 Å². The van der Waals surface area contributed by atoms with Crippen LogP contribution in [0.5, 0.6) is 11.5 Å². The fourth-order valence-electron chi connectivity index (χ4n) is 6.63. The summed E-state index contributed by atoms with van der Waals surface area (Å²) in [5.74, 6) is -0.501. The normalized spacial score (nSPS) is 30.9. The van der Waals surface area contributed by atoms with Crippen molar-refractivity contribution in [1.29, 1.82) is 0 Å². The highest BCUT2D eigenvalue weighted by Gasteiger charge is 2.55. The van der Waals surface area contributed by atoms with Crippen LogP contribution in [0.25, 0.3) is 11.2 Å². The number of aromatic hydroxyl groups is 1. The number of phenolic OH excluding ortho intramolecular Hbond substituents is 1. The van der Waals surface area contributed by atoms with Gasteiger partial charge in [-0.2, -0.15) is 0 Å². The van der Waals surface area contributed by atoms with Crippen LogP contribution < -0.4 is 21.7 Å². The quantitative estimate of drug-likeness (QED) is 0.0989. The third kappa shape index (κ3) is 8.67. The van der Waals surface area contributed by atoms with Gasteiger partial charge in [-0.05, 0) is 53.3 Å². The summed E-state index contributed by atoms with van der Waals surface area (Å²) < 4.78 is 92.9. The van der Waals surface area contributed by atoms with E-state index in [1.807, 2.05) is 4.98 Å². The summed E-state index contributed by atoms with van der Waals surface area (Å²) in [4.78, 5) is 62.5. The minimum Gasteiger partial charge on any atom is -0.508 e. The zero-order valence-corrected chi connectivity index (χ0v) is 33.5. The third-order valence-corrected chi connectivity index (χ3v) is 14.2. The van der Waals surface area contributed by atoms with Crippen LogP contribution in [0.1, 0.15) is 28.4 Å². The number of imidazole rings is 1. The van der Waals surface area contributed by atoms with Gasteiger partial charge in [-0.15, -0.1) is 0 Å². The Hall–Kier alpha value is -4.84. The van der Waals surface area contributed by atoms with E-state index in [0.29, 0.717) is 16.9 Å². The molecule has 3 unspecified atom stereocenters. The SMILES string of the molecule is CO[C@@H]1[C@@H]2OP(=O)(SCc3ccc(OC(=O)c4ccc(O)cc4)cc3)OC[C@H]3O[C@@H](n4ccc(=O)[nH]c4=O)[C@H](OP(=O)(O)OCC2O[C@H]1n1cnc2c(N)ncnc21)[C@@H]3F. The van der Waals surface area contributed by atoms with Crippen molar-refractivity contribution in [3.8, 4) is 11.5 Å². The Morgan fingerprint density at radius 3 is 2.43 bits per heavy atom. The van der Waals surface area contributed by atoms with E-state index in [1.54, 1.807) is 12.1 Å². The summed E-state index contributed by atoms with van der Waals surface area (Å²) in [6.07, 6.45) is -9.21. The Bertz CT molecular complexity index is 2600. The molecule has 10 atom stereocenters. The summed E-state index contributed by atoms with van der Waals surface area (Å²) in [7, 11) is -3.92. The van der Waals surface area contributed by atoms with Crippen molar-refractivity contribution in [2.45, 2.75) is 54.9 Å². The van der Waals surface area contributed by atoms with Crippen molar-refractivity contribution < 1.29 is 65.4 Å². The number of fused-ring (bicyclic) bond motifs is 4. The number of nitrogen functional groups attached to an aromatic ring is 1. The Morgan fingerprint density at radius 1 is 0.967 bits per heavy atom. The van der Waals surface area contributed by atoms with Crippen molar-refractivity contribution in [2.24, 2.45) is 0 Å². The first-order chi connectivity index (χ1) is 28.7. The number of nitrogens with two attached hydrogens (primary N) is 1. The molecule has 2 bridgehead atoms. The van der Waals surface area contributed by atoms with Crippen LogP contribution >= 0.6 is 26.0 Å². The van der Waals surface area contributed by atoms with E-state index in [9.17, 15) is 33.5 Å². The fourth-order valence-corrected chi connectivity index (χ4v) is 10.9. The Kier molecular flexibility index (Phi) is 11.8. The molecule has 3 fully saturated rings. The second-order valence-electron chi connectivity index (χ2n) is 13.4. The van der Waals surface area contributed by atoms with E-state index in [1.165, 1.54) is 60.7 Å². The van der Waals surface area contributed by atoms with E-state index in [-0.39, 0.29) is 39.8 Å². The minimum atomic E-state index is -5.24. The second-order valence-corrected chi connectivity index (χ2v) is 18.8. The number of benzene rings is 2. The Balaban J connectivity index is 1.10. The zero-order valence-electron chi connectivity index (χ0n) is 30.9. The van der Waals surface area contributed by atoms with Crippen LogP contribution in [0.3, 0.4) is 0 Å². The number of phosphoric acid groups is 1. The first kappa shape index (κ1) is 41.9. The number of esters is 1. The number of ether oxygens (including phenoxy) is 4. The molecular weight excluding hydrogens is 859 g/mol. The molecule has 3 saturated heterocycles. The lowest BCUT2D eigenvalue weighted by atomic mass is 10.1. The van der Waals surface area contributed by atoms with Crippen LogP contribution in [-0.2, 0) is 47.2 Å². The molecule has 5 aromatic rings. The van der Waals surface area contributed by atoms with E-state index in [4.69, 9.17) is 42.8 Å². The summed E-state index contributed by atoms with van der Waals surface area (Å²) >= 11 is 0.683. The largest absolute Gasteiger partial charge is 0.508 e. The fraction of sp³-hybridized carbons (Fsp3) is 0.353. The van der Waals surface area contributed by atoms with Gasteiger partial charge in [0.15, 0.2) is 30.1 Å². The number of carbonyl (C=O) groups excluding carboxylic acids is 1. The molecule has 3 aliphatic rings. The molecule has 3 aromatic heterocycles. The van der Waals surface area contributed by atoms with Crippen molar-refractivity contribution >= 4 is 49.0 Å². The Labute approximate surface area is 340 Å². The number of phosphoric ester groups is 1. The number of aromatic nitrogens is 6. The van der Waals surface area contributed by atoms with Crippen LogP contribution in [0, 0.1) is 0 Å². The third-order valence-electron chi connectivity index (χ3n) is 9.54. The second kappa shape index (κ2) is 16.9. The molecule has 22 nitrogen and oxygen atoms in total. The number of aromatic amines is 1. The standard InChI is InChI=1S/C34H34FN7O15P2S/c1-50-28-26-22(55-32(28)42-16-39-25-29(36)37-15-38-30(25)42)13-51-58(47,48)56-27-24(35)21(54-31(27)41-11-10-23(44)40-34(41)46)12-52-59(49,57-26)60-14-17-2-8-20(9-3-17)53-33(45)18-4-6-19(43)7-5-18/h2-11,15-16,21-22,24,26-28,31-32,43H,12-14H2,1H3,(H,47,48)(H2,36,37,38)(H,40,44,46)/t21-,22?,24-,26-,27-,28-,31-,32-,59?/m1/s1. The minimum absolute atomic E-state index is 0.0203. The highest BCUT2D eigenvalue weighted by atomic mass is 32.7. The average molecular weight is 894 g/mol. The number of anilines is 1. The van der Waals surface area contributed by atoms with E-state index >= 15 is 4.39 Å². The van der Waals surface area contributed by atoms with Gasteiger partial charge in [0.25, 0.3) is 5.56 Å². The molecule has 0 saturated carbocycles. The predicted octanol–water partition coefficient (Wildman–Crippen LogP) is 2.99. The molecule has 318 valence electrons. The number of carbonyl (C=O) groups is 1. The molecule has 2 aromatic carbocycles. The van der Waals surface area contributed by atoms with Crippen molar-refractivity contribution in [3.05, 3.63) is 105 Å². The predicted molar refractivity (Wildman–Crippen MR) is 204 cm³/mol. The van der Waals surface area contributed by atoms with Gasteiger partial charge in [-0.25, -0.2) is 38.1 Å². The van der Waals surface area contributed by atoms with Crippen LogP contribution in [0.4, 0.5) is 10.2 Å². The number of halogens is 1. The molecule has 0 spiro atoms. The molecule has 26 heteroatoms. The smallest absolute Gasteiger partial charge is 0.472 e. The van der Waals surface area contributed by atoms with Crippen LogP contribution in [0.2, 0.25) is 0 Å². The molecule has 0 amide bonds. The summed E-state index contributed by atoms with van der Waals surface area (Å²) in [6, 6.07) is 12.6. The molecule has 8 rings (SSSR count). The van der Waals surface area contributed by atoms with E-state index < -0.39 is 94.2 Å². The number of methoxy groups -OCH3 is 1. The van der Waals surface area contributed by atoms with Gasteiger partial charge in [-0.1, -0.05) is 12.1 Å². The topological polar surface area (TPSA) is 290 Å². The van der Waals surface area contributed by atoms with Gasteiger partial charge in [0, 0.05) is 25.1 Å². The maximum absolute atomic E-state index is 16.2. The van der Waals surface area contributed by atoms with Gasteiger partial charge in [0.05, 0.1) is 25.1 Å². The molecule has 60 heavy (non-hydrogen) atoms. The highest BCUT2D eigenvalue weighted by Crippen LogP contribution is 2.64. The summed E-state index contributed by atoms with van der Waals surface area (Å²) in [5.41, 5.74) is 5.37. The van der Waals surface area contributed by atoms with Gasteiger partial charge < -0.3 is 34.7 Å². The first-order valence-corrected chi connectivity index (χ1v) is 22.4. The zero-order chi connectivity index (χ0) is 42.3. The Morgan fingerprint density at radius 2 is 1.70 bits per heavy atom. The maximum atomic E-state index is 16.2. The van der Waals surface area contributed by atoms with Crippen molar-refractivity contribution in [3.63, 3.8) is 0 Å². The summed E-state index contributed by atoms with van der Waals surface area (Å²) in [6.45, 7) is -6.10. The molecule has 0 radical (unpaired) electrons. The lowest BCUT2D eigenvalue weighted by molar-refractivity contribution is -0.0668. The van der Waals surface area contributed by atoms with Gasteiger partial charge >= 0.3 is 26.3 Å². The van der Waals surface area contributed by atoms with Gasteiger partial charge in [0.1, 0.15) is 53.9 Å². The first-order valence-electron chi connectivity index (χ1n) is 17.8. The van der Waals surface area contributed by atoms with Gasteiger partial charge in [0.2, 0.25) is 0 Å². The molecule has 5 N–H and O–H groups in total. The van der Waals surface area contributed by atoms with Crippen LogP contribution in [0.15, 0.2) is 83.0 Å². The maximum Gasteiger partial charge on any atom is 0.472 e. The molecule has 6 heterocycles. The molecule has 0 aliphatic carbocycles. The number of H-pyrrole nitrogens is 1. The lowest BCUT2D eigenvalue weighted by Gasteiger charge is -2.28. The summed E-state index contributed by atoms with van der Waals surface area (Å²) in [5, 5.41) is 9.52. The number of nitrogens with zero attached hydrogens (tertiary/aromatic N) is 5. The number of rotatable bonds is 8. The molecular formula is C34H34FN7O15P2S. The number of hydrogen-bond acceptors (Lipinski definition) is 19. The number of hydrogen-bond donors (Lipinski definition) is 4. The number of phenols is 1. The number of nitrogens with one attached hydrogen (secondary N) is 1. The lowest BCUT2D eigenvalue weighted by Crippen LogP contribution is -2.38.